The highest BCUT2D eigenvalue weighted by molar-refractivity contribution is 5.71. The summed E-state index contributed by atoms with van der Waals surface area (Å²) in [5.41, 5.74) is -0.469. The number of hydrogen-bond acceptors (Lipinski definition) is 4. The zero-order chi connectivity index (χ0) is 14.2. The second kappa shape index (κ2) is 7.95. The van der Waals surface area contributed by atoms with Crippen molar-refractivity contribution in [2.75, 3.05) is 13.7 Å². The highest BCUT2D eigenvalue weighted by Gasteiger charge is 2.15. The molecule has 18 heavy (non-hydrogen) atoms. The van der Waals surface area contributed by atoms with Crippen LogP contribution in [0.1, 0.15) is 47.0 Å². The molecule has 0 fully saturated rings. The van der Waals surface area contributed by atoms with Crippen LogP contribution in [0.2, 0.25) is 0 Å². The molecule has 1 amide bonds. The van der Waals surface area contributed by atoms with Gasteiger partial charge in [-0.3, -0.25) is 4.79 Å². The number of esters is 1. The standard InChI is InChI=1S/C13H25NO4/c1-10(11(15)17-5)8-6-7-9-14-12(16)18-13(2,3)4/h10H,6-9H2,1-5H3,(H,14,16)/t10-/m0/s1. The molecule has 0 saturated heterocycles. The number of methoxy groups -OCH3 is 1. The number of rotatable bonds is 6. The molecular weight excluding hydrogens is 234 g/mol. The SMILES string of the molecule is COC(=O)[C@@H](C)CCCCNC(=O)OC(C)(C)C. The van der Waals surface area contributed by atoms with Crippen molar-refractivity contribution < 1.29 is 19.1 Å². The molecule has 0 heterocycles. The molecule has 0 aliphatic carbocycles. The Morgan fingerprint density at radius 1 is 1.22 bits per heavy atom. The van der Waals surface area contributed by atoms with Gasteiger partial charge in [-0.25, -0.2) is 4.79 Å². The smallest absolute Gasteiger partial charge is 0.407 e. The van der Waals surface area contributed by atoms with Crippen LogP contribution in [0.4, 0.5) is 4.79 Å². The average molecular weight is 259 g/mol. The lowest BCUT2D eigenvalue weighted by Gasteiger charge is -2.19. The topological polar surface area (TPSA) is 64.6 Å². The van der Waals surface area contributed by atoms with Gasteiger partial charge in [0.25, 0.3) is 0 Å². The van der Waals surface area contributed by atoms with E-state index in [1.54, 1.807) is 0 Å². The van der Waals surface area contributed by atoms with E-state index in [-0.39, 0.29) is 11.9 Å². The van der Waals surface area contributed by atoms with Crippen molar-refractivity contribution >= 4 is 12.1 Å². The first-order chi connectivity index (χ1) is 8.26. The van der Waals surface area contributed by atoms with Crippen LogP contribution >= 0.6 is 0 Å². The molecule has 0 unspecified atom stereocenters. The van der Waals surface area contributed by atoms with Crippen LogP contribution in [0, 0.1) is 5.92 Å². The molecule has 0 aromatic rings. The summed E-state index contributed by atoms with van der Waals surface area (Å²) < 4.78 is 9.73. The number of hydrogen-bond donors (Lipinski definition) is 1. The van der Waals surface area contributed by atoms with E-state index in [2.05, 4.69) is 10.1 Å². The number of amides is 1. The van der Waals surface area contributed by atoms with Gasteiger partial charge in [-0.15, -0.1) is 0 Å². The Labute approximate surface area is 109 Å². The van der Waals surface area contributed by atoms with Gasteiger partial charge in [0, 0.05) is 6.54 Å². The summed E-state index contributed by atoms with van der Waals surface area (Å²) in [5.74, 6) is -0.272. The van der Waals surface area contributed by atoms with Crippen molar-refractivity contribution in [3.63, 3.8) is 0 Å². The third kappa shape index (κ3) is 8.84. The number of nitrogens with one attached hydrogen (secondary N) is 1. The molecule has 0 bridgehead atoms. The average Bonchev–Trinajstić information content (AvgIpc) is 2.24. The Hall–Kier alpha value is -1.26. The zero-order valence-corrected chi connectivity index (χ0v) is 12.0. The van der Waals surface area contributed by atoms with Crippen molar-refractivity contribution in [1.82, 2.24) is 5.32 Å². The number of ether oxygens (including phenoxy) is 2. The van der Waals surface area contributed by atoms with E-state index in [1.165, 1.54) is 7.11 Å². The van der Waals surface area contributed by atoms with E-state index in [9.17, 15) is 9.59 Å². The van der Waals surface area contributed by atoms with Gasteiger partial charge < -0.3 is 14.8 Å². The van der Waals surface area contributed by atoms with E-state index in [0.29, 0.717) is 6.54 Å². The van der Waals surface area contributed by atoms with Crippen molar-refractivity contribution in [3.8, 4) is 0 Å². The van der Waals surface area contributed by atoms with Crippen LogP contribution < -0.4 is 5.32 Å². The van der Waals surface area contributed by atoms with Gasteiger partial charge in [-0.05, 0) is 33.6 Å². The van der Waals surface area contributed by atoms with Gasteiger partial charge in [-0.2, -0.15) is 0 Å². The summed E-state index contributed by atoms with van der Waals surface area (Å²) in [6.45, 7) is 7.87. The Balaban J connectivity index is 3.57. The van der Waals surface area contributed by atoms with Crippen LogP contribution in [0.3, 0.4) is 0 Å². The van der Waals surface area contributed by atoms with Crippen LogP contribution in [-0.4, -0.2) is 31.3 Å². The lowest BCUT2D eigenvalue weighted by atomic mass is 10.0. The predicted molar refractivity (Wildman–Crippen MR) is 69.3 cm³/mol. The summed E-state index contributed by atoms with van der Waals surface area (Å²) in [4.78, 5) is 22.4. The maximum Gasteiger partial charge on any atom is 0.407 e. The van der Waals surface area contributed by atoms with Crippen LogP contribution in [0.5, 0.6) is 0 Å². The summed E-state index contributed by atoms with van der Waals surface area (Å²) >= 11 is 0. The molecule has 106 valence electrons. The lowest BCUT2D eigenvalue weighted by Crippen LogP contribution is -2.33. The van der Waals surface area contributed by atoms with Gasteiger partial charge in [-0.1, -0.05) is 13.3 Å². The number of carbonyl (C=O) groups excluding carboxylic acids is 2. The van der Waals surface area contributed by atoms with E-state index in [4.69, 9.17) is 4.74 Å². The number of alkyl carbamates (subject to hydrolysis) is 1. The molecule has 0 saturated carbocycles. The van der Waals surface area contributed by atoms with Crippen LogP contribution in [0.25, 0.3) is 0 Å². The first kappa shape index (κ1) is 16.7. The molecule has 1 N–H and O–H groups in total. The first-order valence-corrected chi connectivity index (χ1v) is 6.31. The minimum Gasteiger partial charge on any atom is -0.469 e. The highest BCUT2D eigenvalue weighted by Crippen LogP contribution is 2.09. The fourth-order valence-corrected chi connectivity index (χ4v) is 1.40. The minimum atomic E-state index is -0.469. The monoisotopic (exact) mass is 259 g/mol. The molecule has 0 rings (SSSR count). The molecular formula is C13H25NO4. The van der Waals surface area contributed by atoms with E-state index < -0.39 is 11.7 Å². The fourth-order valence-electron chi connectivity index (χ4n) is 1.40. The summed E-state index contributed by atoms with van der Waals surface area (Å²) in [6, 6.07) is 0. The van der Waals surface area contributed by atoms with Crippen molar-refractivity contribution in [2.45, 2.75) is 52.6 Å². The van der Waals surface area contributed by atoms with Crippen molar-refractivity contribution in [2.24, 2.45) is 5.92 Å². The van der Waals surface area contributed by atoms with E-state index >= 15 is 0 Å². The van der Waals surface area contributed by atoms with Crippen LogP contribution in [-0.2, 0) is 14.3 Å². The highest BCUT2D eigenvalue weighted by atomic mass is 16.6. The molecule has 5 heteroatoms. The predicted octanol–water partition coefficient (Wildman–Crippen LogP) is 2.49. The summed E-state index contributed by atoms with van der Waals surface area (Å²) in [7, 11) is 1.39. The second-order valence-corrected chi connectivity index (χ2v) is 5.35. The molecule has 0 radical (unpaired) electrons. The fraction of sp³-hybridized carbons (Fsp3) is 0.846. The van der Waals surface area contributed by atoms with Crippen LogP contribution in [0.15, 0.2) is 0 Å². The third-order valence-corrected chi connectivity index (χ3v) is 2.34. The third-order valence-electron chi connectivity index (χ3n) is 2.34. The van der Waals surface area contributed by atoms with Gasteiger partial charge >= 0.3 is 12.1 Å². The lowest BCUT2D eigenvalue weighted by molar-refractivity contribution is -0.145. The Morgan fingerprint density at radius 2 is 1.83 bits per heavy atom. The van der Waals surface area contributed by atoms with Crippen molar-refractivity contribution in [1.29, 1.82) is 0 Å². The summed E-state index contributed by atoms with van der Waals surface area (Å²) in [5, 5.41) is 2.68. The molecule has 0 aliphatic rings. The van der Waals surface area contributed by atoms with E-state index in [0.717, 1.165) is 19.3 Å². The van der Waals surface area contributed by atoms with Gasteiger partial charge in [0.15, 0.2) is 0 Å². The Morgan fingerprint density at radius 3 is 2.33 bits per heavy atom. The summed E-state index contributed by atoms with van der Waals surface area (Å²) in [6.07, 6.45) is 2.05. The maximum atomic E-state index is 11.3. The normalized spacial score (nSPS) is 12.7. The Bertz CT molecular complexity index is 271. The molecule has 1 atom stereocenters. The molecule has 0 aliphatic heterocycles. The number of unbranched alkanes of at least 4 members (excludes halogenated alkanes) is 1. The first-order valence-electron chi connectivity index (χ1n) is 6.31. The maximum absolute atomic E-state index is 11.3. The largest absolute Gasteiger partial charge is 0.469 e. The van der Waals surface area contributed by atoms with Crippen molar-refractivity contribution in [3.05, 3.63) is 0 Å². The Kier molecular flexibility index (Phi) is 7.39. The van der Waals surface area contributed by atoms with Gasteiger partial charge in [0.1, 0.15) is 5.60 Å². The van der Waals surface area contributed by atoms with Gasteiger partial charge in [0.2, 0.25) is 0 Å². The van der Waals surface area contributed by atoms with E-state index in [1.807, 2.05) is 27.7 Å². The number of carbonyl (C=O) groups is 2. The molecule has 5 nitrogen and oxygen atoms in total. The minimum absolute atomic E-state index is 0.0865. The molecule has 0 aromatic heterocycles. The zero-order valence-electron chi connectivity index (χ0n) is 12.0. The van der Waals surface area contributed by atoms with Gasteiger partial charge in [0.05, 0.1) is 13.0 Å². The molecule has 0 spiro atoms. The molecule has 0 aromatic carbocycles. The second-order valence-electron chi connectivity index (χ2n) is 5.35. The quantitative estimate of drug-likeness (QED) is 0.588.